The molecule has 1 saturated heterocycles. The van der Waals surface area contributed by atoms with E-state index in [1.54, 1.807) is 18.1 Å². The molecule has 7 heteroatoms. The largest absolute Gasteiger partial charge is 0.497 e. The summed E-state index contributed by atoms with van der Waals surface area (Å²) in [6, 6.07) is 5.44. The first-order valence-electron chi connectivity index (χ1n) is 13.2. The predicted octanol–water partition coefficient (Wildman–Crippen LogP) is 4.92. The van der Waals surface area contributed by atoms with E-state index >= 15 is 0 Å². The first kappa shape index (κ1) is 26.5. The van der Waals surface area contributed by atoms with E-state index in [1.165, 1.54) is 32.1 Å². The van der Waals surface area contributed by atoms with Crippen LogP contribution in [0.5, 0.6) is 11.5 Å². The second-order valence-corrected chi connectivity index (χ2v) is 13.2. The number of hydrogen-bond donors (Lipinski definition) is 0. The van der Waals surface area contributed by atoms with Crippen molar-refractivity contribution in [2.75, 3.05) is 45.8 Å². The van der Waals surface area contributed by atoms with Crippen LogP contribution in [0.4, 0.5) is 0 Å². The fourth-order valence-electron chi connectivity index (χ4n) is 7.15. The molecule has 2 saturated carbocycles. The van der Waals surface area contributed by atoms with Crippen LogP contribution in [0.1, 0.15) is 59.8 Å². The van der Waals surface area contributed by atoms with E-state index in [1.807, 2.05) is 12.1 Å². The van der Waals surface area contributed by atoms with Crippen LogP contribution in [-0.2, 0) is 20.3 Å². The van der Waals surface area contributed by atoms with Crippen molar-refractivity contribution in [1.82, 2.24) is 4.90 Å². The van der Waals surface area contributed by atoms with Crippen molar-refractivity contribution in [3.63, 3.8) is 0 Å². The Bertz CT molecular complexity index is 928. The molecule has 0 aromatic heterocycles. The quantitative estimate of drug-likeness (QED) is 0.526. The molecule has 2 aliphatic carbocycles. The van der Waals surface area contributed by atoms with E-state index in [2.05, 4.69) is 27.7 Å². The lowest BCUT2D eigenvalue weighted by Gasteiger charge is -2.59. The number of carbonyl (C=O) groups excluding carboxylic acids is 1. The zero-order valence-corrected chi connectivity index (χ0v) is 23.0. The molecule has 1 aromatic carbocycles. The summed E-state index contributed by atoms with van der Waals surface area (Å²) in [5.74, 6) is 3.37. The minimum Gasteiger partial charge on any atom is -0.497 e. The molecule has 4 rings (SSSR count). The maximum Gasteiger partial charge on any atom is 0.260 e. The summed E-state index contributed by atoms with van der Waals surface area (Å²) in [5, 5.41) is 0. The van der Waals surface area contributed by atoms with Crippen LogP contribution in [0.15, 0.2) is 23.1 Å². The summed E-state index contributed by atoms with van der Waals surface area (Å²) in [6.45, 7) is 11.9. The Kier molecular flexibility index (Phi) is 8.16. The van der Waals surface area contributed by atoms with Crippen LogP contribution in [0, 0.1) is 28.6 Å². The molecule has 0 spiro atoms. The van der Waals surface area contributed by atoms with E-state index in [4.69, 9.17) is 14.2 Å². The number of carbonyl (C=O) groups is 1. The zero-order valence-electron chi connectivity index (χ0n) is 22.1. The number of morpholine rings is 1. The molecule has 3 aliphatic rings. The predicted molar refractivity (Wildman–Crippen MR) is 138 cm³/mol. The third-order valence-corrected chi connectivity index (χ3v) is 10.6. The molecule has 1 aromatic rings. The number of rotatable bonds is 7. The number of amides is 1. The Hall–Kier alpha value is -1.60. The van der Waals surface area contributed by atoms with Gasteiger partial charge in [-0.3, -0.25) is 9.00 Å². The van der Waals surface area contributed by atoms with E-state index in [0.717, 1.165) is 0 Å². The van der Waals surface area contributed by atoms with Gasteiger partial charge in [-0.1, -0.05) is 40.5 Å². The molecule has 1 amide bonds. The van der Waals surface area contributed by atoms with Gasteiger partial charge in [0.2, 0.25) is 0 Å². The van der Waals surface area contributed by atoms with Crippen LogP contribution >= 0.6 is 0 Å². The number of nitrogens with zero attached hydrogens (tertiary/aromatic N) is 1. The summed E-state index contributed by atoms with van der Waals surface area (Å²) in [6.07, 6.45) is 6.26. The lowest BCUT2D eigenvalue weighted by Crippen LogP contribution is -2.52. The van der Waals surface area contributed by atoms with Crippen LogP contribution in [0.25, 0.3) is 0 Å². The second-order valence-electron chi connectivity index (χ2n) is 11.7. The number of ether oxygens (including phenoxy) is 3. The summed E-state index contributed by atoms with van der Waals surface area (Å²) >= 11 is 0. The van der Waals surface area contributed by atoms with E-state index < -0.39 is 10.8 Å². The summed E-state index contributed by atoms with van der Waals surface area (Å²) < 4.78 is 30.4. The van der Waals surface area contributed by atoms with Gasteiger partial charge in [0.05, 0.1) is 31.1 Å². The summed E-state index contributed by atoms with van der Waals surface area (Å²) in [5.41, 5.74) is 0.564. The lowest BCUT2D eigenvalue weighted by atomic mass is 9.47. The highest BCUT2D eigenvalue weighted by atomic mass is 32.2. The van der Waals surface area contributed by atoms with Crippen molar-refractivity contribution >= 4 is 16.7 Å². The van der Waals surface area contributed by atoms with Crippen LogP contribution in [0.2, 0.25) is 0 Å². The summed E-state index contributed by atoms with van der Waals surface area (Å²) in [7, 11) is 0.421. The normalized spacial score (nSPS) is 31.3. The van der Waals surface area contributed by atoms with Gasteiger partial charge in [0.1, 0.15) is 11.5 Å². The molecule has 35 heavy (non-hydrogen) atoms. The van der Waals surface area contributed by atoms with Crippen molar-refractivity contribution in [2.24, 2.45) is 28.6 Å². The van der Waals surface area contributed by atoms with Crippen LogP contribution in [-0.4, -0.2) is 60.8 Å². The zero-order chi connectivity index (χ0) is 25.2. The van der Waals surface area contributed by atoms with E-state index in [-0.39, 0.29) is 17.9 Å². The fraction of sp³-hybridized carbons (Fsp3) is 0.750. The lowest BCUT2D eigenvalue weighted by molar-refractivity contribution is -0.137. The Morgan fingerprint density at radius 2 is 1.83 bits per heavy atom. The van der Waals surface area contributed by atoms with Crippen molar-refractivity contribution in [3.8, 4) is 11.5 Å². The second kappa shape index (κ2) is 10.8. The third kappa shape index (κ3) is 5.71. The minimum atomic E-state index is -1.18. The molecule has 5 unspecified atom stereocenters. The first-order valence-corrected chi connectivity index (χ1v) is 14.5. The van der Waals surface area contributed by atoms with Crippen molar-refractivity contribution in [1.29, 1.82) is 0 Å². The summed E-state index contributed by atoms with van der Waals surface area (Å²) in [4.78, 5) is 15.0. The van der Waals surface area contributed by atoms with Gasteiger partial charge >= 0.3 is 0 Å². The monoisotopic (exact) mass is 505 g/mol. The average Bonchev–Trinajstić information content (AvgIpc) is 2.84. The molecule has 6 nitrogen and oxygen atoms in total. The maximum absolute atomic E-state index is 13.8. The van der Waals surface area contributed by atoms with Gasteiger partial charge in [-0.05, 0) is 60.0 Å². The van der Waals surface area contributed by atoms with Gasteiger partial charge in [0.25, 0.3) is 5.91 Å². The highest BCUT2D eigenvalue weighted by Gasteiger charge is 2.53. The minimum absolute atomic E-state index is 0.0479. The van der Waals surface area contributed by atoms with Crippen molar-refractivity contribution in [3.05, 3.63) is 18.2 Å². The molecule has 0 N–H and O–H groups in total. The molecule has 3 fully saturated rings. The Morgan fingerprint density at radius 1 is 1.11 bits per heavy atom. The van der Waals surface area contributed by atoms with Gasteiger partial charge in [-0.15, -0.1) is 0 Å². The number of hydrogen-bond acceptors (Lipinski definition) is 5. The topological polar surface area (TPSA) is 65.1 Å². The molecule has 0 radical (unpaired) electrons. The molecule has 5 atom stereocenters. The number of fused-ring (bicyclic) bond motifs is 1. The standard InChI is InChI=1S/C28H43NO5S/c1-20-7-8-25-27(2,3)9-6-10-28(25,4)24(20)19-35(31)23-16-21(32-5)15-22(17-23)34-18-26(30)29-11-13-33-14-12-29/h15-17,20,24-25H,6-14,18-19H2,1-5H3. The van der Waals surface area contributed by atoms with Crippen molar-refractivity contribution in [2.45, 2.75) is 64.7 Å². The van der Waals surface area contributed by atoms with Crippen LogP contribution in [0.3, 0.4) is 0 Å². The van der Waals surface area contributed by atoms with Crippen LogP contribution < -0.4 is 9.47 Å². The molecule has 1 aliphatic heterocycles. The van der Waals surface area contributed by atoms with Gasteiger partial charge in [-0.25, -0.2) is 0 Å². The van der Waals surface area contributed by atoms with Gasteiger partial charge in [0, 0.05) is 29.8 Å². The number of methoxy groups -OCH3 is 1. The molecule has 1 heterocycles. The van der Waals surface area contributed by atoms with Gasteiger partial charge in [-0.2, -0.15) is 0 Å². The molecular weight excluding hydrogens is 462 g/mol. The van der Waals surface area contributed by atoms with E-state index in [9.17, 15) is 9.00 Å². The fourth-order valence-corrected chi connectivity index (χ4v) is 8.88. The van der Waals surface area contributed by atoms with E-state index in [0.29, 0.717) is 71.6 Å². The maximum atomic E-state index is 13.8. The highest BCUT2D eigenvalue weighted by molar-refractivity contribution is 7.85. The van der Waals surface area contributed by atoms with Gasteiger partial charge in [0.15, 0.2) is 6.61 Å². The smallest absolute Gasteiger partial charge is 0.260 e. The van der Waals surface area contributed by atoms with Gasteiger partial charge < -0.3 is 19.1 Å². The molecule has 0 bridgehead atoms. The first-order chi connectivity index (χ1) is 16.6. The Morgan fingerprint density at radius 3 is 2.54 bits per heavy atom. The molecular formula is C28H43NO5S. The SMILES string of the molecule is COc1cc(OCC(=O)N2CCOCC2)cc(S(=O)CC2C(C)CCC3C(C)(C)CCCC23C)c1. The average molecular weight is 506 g/mol. The highest BCUT2D eigenvalue weighted by Crippen LogP contribution is 2.61. The Balaban J connectivity index is 1.49. The molecule has 196 valence electrons. The Labute approximate surface area is 213 Å². The third-order valence-electron chi connectivity index (χ3n) is 9.13. The number of benzene rings is 1. The van der Waals surface area contributed by atoms with Crippen molar-refractivity contribution < 1.29 is 23.2 Å².